The first-order chi connectivity index (χ1) is 9.01. The zero-order valence-electron chi connectivity index (χ0n) is 10.3. The average molecular weight is 279 g/mol. The minimum Gasteiger partial charge on any atom is -0.496 e. The molecule has 0 saturated carbocycles. The number of hydrogen-bond donors (Lipinski definition) is 1. The number of carboxylic acids is 1. The van der Waals surface area contributed by atoms with Crippen LogP contribution < -0.4 is 4.74 Å². The number of aromatic carboxylic acids is 1. The summed E-state index contributed by atoms with van der Waals surface area (Å²) in [5.41, 5.74) is 1.11. The molecule has 19 heavy (non-hydrogen) atoms. The molecule has 6 heteroatoms. The van der Waals surface area contributed by atoms with E-state index in [0.717, 1.165) is 0 Å². The van der Waals surface area contributed by atoms with Gasteiger partial charge in [0.2, 0.25) is 0 Å². The van der Waals surface area contributed by atoms with E-state index in [2.05, 4.69) is 9.97 Å². The molecule has 0 radical (unpaired) electrons. The van der Waals surface area contributed by atoms with Gasteiger partial charge in [0.15, 0.2) is 11.5 Å². The van der Waals surface area contributed by atoms with Crippen LogP contribution in [0.2, 0.25) is 5.02 Å². The Morgan fingerprint density at radius 2 is 2.05 bits per heavy atom. The lowest BCUT2D eigenvalue weighted by molar-refractivity contribution is 0.0690. The van der Waals surface area contributed by atoms with E-state index in [4.69, 9.17) is 21.4 Å². The molecule has 0 amide bonds. The molecule has 0 aliphatic rings. The van der Waals surface area contributed by atoms with E-state index in [0.29, 0.717) is 27.9 Å². The molecule has 5 nitrogen and oxygen atoms in total. The van der Waals surface area contributed by atoms with Crippen LogP contribution in [-0.4, -0.2) is 28.2 Å². The highest BCUT2D eigenvalue weighted by molar-refractivity contribution is 6.30. The Bertz CT molecular complexity index is 644. The first-order valence-electron chi connectivity index (χ1n) is 5.44. The first-order valence-corrected chi connectivity index (χ1v) is 5.82. The van der Waals surface area contributed by atoms with Gasteiger partial charge in [-0.3, -0.25) is 0 Å². The second-order valence-electron chi connectivity index (χ2n) is 3.87. The molecule has 0 unspecified atom stereocenters. The molecular weight excluding hydrogens is 268 g/mol. The van der Waals surface area contributed by atoms with Crippen LogP contribution in [0.3, 0.4) is 0 Å². The Kier molecular flexibility index (Phi) is 3.66. The van der Waals surface area contributed by atoms with Gasteiger partial charge in [-0.05, 0) is 31.2 Å². The number of halogens is 1. The molecule has 0 saturated heterocycles. The van der Waals surface area contributed by atoms with Gasteiger partial charge >= 0.3 is 5.97 Å². The number of methoxy groups -OCH3 is 1. The fourth-order valence-electron chi connectivity index (χ4n) is 1.65. The average Bonchev–Trinajstić information content (AvgIpc) is 2.37. The maximum Gasteiger partial charge on any atom is 0.354 e. The minimum absolute atomic E-state index is 0.0560. The zero-order valence-corrected chi connectivity index (χ0v) is 11.1. The van der Waals surface area contributed by atoms with E-state index < -0.39 is 5.97 Å². The van der Waals surface area contributed by atoms with Crippen molar-refractivity contribution in [2.24, 2.45) is 0 Å². The predicted molar refractivity (Wildman–Crippen MR) is 70.7 cm³/mol. The molecular formula is C13H11ClN2O3. The summed E-state index contributed by atoms with van der Waals surface area (Å²) < 4.78 is 5.21. The molecule has 1 aromatic heterocycles. The van der Waals surface area contributed by atoms with Crippen molar-refractivity contribution in [3.8, 4) is 17.1 Å². The monoisotopic (exact) mass is 278 g/mol. The molecule has 2 rings (SSSR count). The minimum atomic E-state index is -1.10. The lowest BCUT2D eigenvalue weighted by Crippen LogP contribution is -2.04. The number of carbonyl (C=O) groups is 1. The Hall–Kier alpha value is -2.14. The summed E-state index contributed by atoms with van der Waals surface area (Å²) in [6.07, 6.45) is 0. The smallest absolute Gasteiger partial charge is 0.354 e. The van der Waals surface area contributed by atoms with E-state index in [1.54, 1.807) is 25.1 Å². The van der Waals surface area contributed by atoms with Crippen LogP contribution in [0, 0.1) is 6.92 Å². The summed E-state index contributed by atoms with van der Waals surface area (Å²) in [7, 11) is 1.50. The van der Waals surface area contributed by atoms with Crippen LogP contribution in [-0.2, 0) is 0 Å². The molecule has 0 aliphatic carbocycles. The maximum absolute atomic E-state index is 11.0. The van der Waals surface area contributed by atoms with Gasteiger partial charge in [0.1, 0.15) is 5.75 Å². The fraction of sp³-hybridized carbons (Fsp3) is 0.154. The summed E-state index contributed by atoms with van der Waals surface area (Å²) in [6, 6.07) is 6.41. The van der Waals surface area contributed by atoms with E-state index in [1.807, 2.05) is 0 Å². The third-order valence-electron chi connectivity index (χ3n) is 2.48. The van der Waals surface area contributed by atoms with Gasteiger partial charge in [0.25, 0.3) is 0 Å². The molecule has 0 bridgehead atoms. The van der Waals surface area contributed by atoms with Crippen LogP contribution in [0.1, 0.15) is 16.2 Å². The number of ether oxygens (including phenoxy) is 1. The van der Waals surface area contributed by atoms with Gasteiger partial charge in [-0.2, -0.15) is 0 Å². The van der Waals surface area contributed by atoms with Crippen molar-refractivity contribution < 1.29 is 14.6 Å². The van der Waals surface area contributed by atoms with Crippen molar-refractivity contribution in [3.63, 3.8) is 0 Å². The summed E-state index contributed by atoms with van der Waals surface area (Å²) >= 11 is 5.88. The van der Waals surface area contributed by atoms with Crippen LogP contribution in [0.4, 0.5) is 0 Å². The normalized spacial score (nSPS) is 10.3. The zero-order chi connectivity index (χ0) is 14.0. The van der Waals surface area contributed by atoms with Crippen molar-refractivity contribution in [1.82, 2.24) is 9.97 Å². The molecule has 98 valence electrons. The summed E-state index contributed by atoms with van der Waals surface area (Å²) in [6.45, 7) is 1.71. The first kappa shape index (κ1) is 13.3. The number of carboxylic acid groups (broad SMARTS) is 1. The maximum atomic E-state index is 11.0. The van der Waals surface area contributed by atoms with E-state index in [-0.39, 0.29) is 5.69 Å². The van der Waals surface area contributed by atoms with Crippen LogP contribution in [0.15, 0.2) is 24.3 Å². The summed E-state index contributed by atoms with van der Waals surface area (Å²) in [5.74, 6) is -0.306. The number of benzene rings is 1. The van der Waals surface area contributed by atoms with Crippen molar-refractivity contribution >= 4 is 17.6 Å². The number of hydrogen-bond acceptors (Lipinski definition) is 4. The fourth-order valence-corrected chi connectivity index (χ4v) is 1.81. The van der Waals surface area contributed by atoms with Crippen LogP contribution in [0.25, 0.3) is 11.4 Å². The molecule has 0 atom stereocenters. The van der Waals surface area contributed by atoms with Gasteiger partial charge in [-0.15, -0.1) is 0 Å². The van der Waals surface area contributed by atoms with Crippen molar-refractivity contribution in [3.05, 3.63) is 40.7 Å². The Morgan fingerprint density at radius 3 is 2.68 bits per heavy atom. The van der Waals surface area contributed by atoms with Crippen LogP contribution in [0.5, 0.6) is 5.75 Å². The molecule has 0 spiro atoms. The molecule has 2 aromatic rings. The predicted octanol–water partition coefficient (Wildman–Crippen LogP) is 2.81. The van der Waals surface area contributed by atoms with Crippen molar-refractivity contribution in [1.29, 1.82) is 0 Å². The third-order valence-corrected chi connectivity index (χ3v) is 2.71. The highest BCUT2D eigenvalue weighted by Gasteiger charge is 2.13. The summed E-state index contributed by atoms with van der Waals surface area (Å²) in [4.78, 5) is 19.2. The lowest BCUT2D eigenvalue weighted by Gasteiger charge is -2.09. The Labute approximate surface area is 114 Å². The SMILES string of the molecule is COc1cc(Cl)ccc1-c1nc(C)cc(C(=O)O)n1. The van der Waals surface area contributed by atoms with Crippen molar-refractivity contribution in [2.45, 2.75) is 6.92 Å². The topological polar surface area (TPSA) is 72.3 Å². The highest BCUT2D eigenvalue weighted by Crippen LogP contribution is 2.30. The molecule has 1 aromatic carbocycles. The number of aromatic nitrogens is 2. The quantitative estimate of drug-likeness (QED) is 0.934. The van der Waals surface area contributed by atoms with Gasteiger partial charge < -0.3 is 9.84 Å². The van der Waals surface area contributed by atoms with Crippen molar-refractivity contribution in [2.75, 3.05) is 7.11 Å². The van der Waals surface area contributed by atoms with E-state index in [9.17, 15) is 4.79 Å². The largest absolute Gasteiger partial charge is 0.496 e. The van der Waals surface area contributed by atoms with Gasteiger partial charge in [-0.25, -0.2) is 14.8 Å². The Balaban J connectivity index is 2.61. The standard InChI is InChI=1S/C13H11ClN2O3/c1-7-5-10(13(17)18)16-12(15-7)9-4-3-8(14)6-11(9)19-2/h3-6H,1-2H3,(H,17,18). The molecule has 0 fully saturated rings. The molecule has 0 aliphatic heterocycles. The number of aryl methyl sites for hydroxylation is 1. The second-order valence-corrected chi connectivity index (χ2v) is 4.30. The summed E-state index contributed by atoms with van der Waals surface area (Å²) in [5, 5.41) is 9.53. The van der Waals surface area contributed by atoms with Gasteiger partial charge in [-0.1, -0.05) is 11.6 Å². The molecule has 1 heterocycles. The van der Waals surface area contributed by atoms with Gasteiger partial charge in [0.05, 0.1) is 12.7 Å². The lowest BCUT2D eigenvalue weighted by atomic mass is 10.1. The van der Waals surface area contributed by atoms with Gasteiger partial charge in [0, 0.05) is 10.7 Å². The highest BCUT2D eigenvalue weighted by atomic mass is 35.5. The third kappa shape index (κ3) is 2.82. The Morgan fingerprint density at radius 1 is 1.32 bits per heavy atom. The van der Waals surface area contributed by atoms with Crippen LogP contribution >= 0.6 is 11.6 Å². The molecule has 1 N–H and O–H groups in total. The van der Waals surface area contributed by atoms with E-state index in [1.165, 1.54) is 13.2 Å². The van der Waals surface area contributed by atoms with E-state index >= 15 is 0 Å². The number of rotatable bonds is 3. The second kappa shape index (κ2) is 5.24. The number of nitrogens with zero attached hydrogens (tertiary/aromatic N) is 2.